The van der Waals surface area contributed by atoms with Gasteiger partial charge in [-0.1, -0.05) is 0 Å². The maximum absolute atomic E-state index is 8.68. The van der Waals surface area contributed by atoms with Crippen LogP contribution in [0, 0.1) is 18.3 Å². The quantitative estimate of drug-likeness (QED) is 0.865. The summed E-state index contributed by atoms with van der Waals surface area (Å²) in [5.74, 6) is 1.77. The molecule has 0 aliphatic rings. The van der Waals surface area contributed by atoms with Gasteiger partial charge in [-0.2, -0.15) is 5.26 Å². The van der Waals surface area contributed by atoms with Crippen molar-refractivity contribution >= 4 is 5.69 Å². The number of benzene rings is 1. The third-order valence-electron chi connectivity index (χ3n) is 2.65. The molecule has 17 heavy (non-hydrogen) atoms. The van der Waals surface area contributed by atoms with Crippen LogP contribution in [0.2, 0.25) is 0 Å². The first-order valence-corrected chi connectivity index (χ1v) is 5.29. The SMILES string of the molecule is Cc1nnc(CNc2ccc(C#N)cc2)n1C. The number of hydrogen-bond donors (Lipinski definition) is 1. The molecule has 0 amide bonds. The van der Waals surface area contributed by atoms with Crippen LogP contribution in [0.4, 0.5) is 5.69 Å². The van der Waals surface area contributed by atoms with Crippen molar-refractivity contribution in [2.24, 2.45) is 7.05 Å². The van der Waals surface area contributed by atoms with Crippen molar-refractivity contribution in [2.45, 2.75) is 13.5 Å². The molecular weight excluding hydrogens is 214 g/mol. The zero-order valence-electron chi connectivity index (χ0n) is 9.81. The topological polar surface area (TPSA) is 66.5 Å². The Morgan fingerprint density at radius 3 is 2.53 bits per heavy atom. The van der Waals surface area contributed by atoms with Crippen LogP contribution in [0.1, 0.15) is 17.2 Å². The van der Waals surface area contributed by atoms with Gasteiger partial charge >= 0.3 is 0 Å². The smallest absolute Gasteiger partial charge is 0.152 e. The number of aromatic nitrogens is 3. The average molecular weight is 227 g/mol. The van der Waals surface area contributed by atoms with Crippen LogP contribution in [0.5, 0.6) is 0 Å². The number of aryl methyl sites for hydroxylation is 1. The van der Waals surface area contributed by atoms with Gasteiger partial charge < -0.3 is 9.88 Å². The van der Waals surface area contributed by atoms with Crippen LogP contribution < -0.4 is 5.32 Å². The highest BCUT2D eigenvalue weighted by atomic mass is 15.3. The second-order valence-corrected chi connectivity index (χ2v) is 3.77. The van der Waals surface area contributed by atoms with Gasteiger partial charge in [0, 0.05) is 12.7 Å². The Labute approximate surface area is 99.7 Å². The molecule has 0 saturated carbocycles. The summed E-state index contributed by atoms with van der Waals surface area (Å²) < 4.78 is 1.94. The minimum atomic E-state index is 0.614. The fourth-order valence-electron chi connectivity index (χ4n) is 1.45. The van der Waals surface area contributed by atoms with Crippen LogP contribution in [0.3, 0.4) is 0 Å². The summed E-state index contributed by atoms with van der Waals surface area (Å²) in [6.45, 7) is 2.53. The van der Waals surface area contributed by atoms with E-state index in [1.54, 1.807) is 12.1 Å². The molecule has 0 radical (unpaired) electrons. The van der Waals surface area contributed by atoms with Gasteiger partial charge in [-0.3, -0.25) is 0 Å². The molecule has 2 rings (SSSR count). The van der Waals surface area contributed by atoms with E-state index in [4.69, 9.17) is 5.26 Å². The molecule has 0 saturated heterocycles. The Bertz CT molecular complexity index is 547. The van der Waals surface area contributed by atoms with E-state index in [-0.39, 0.29) is 0 Å². The van der Waals surface area contributed by atoms with Crippen molar-refractivity contribution in [1.29, 1.82) is 5.26 Å². The average Bonchev–Trinajstić information content (AvgIpc) is 2.68. The Morgan fingerprint density at radius 2 is 2.00 bits per heavy atom. The highest BCUT2D eigenvalue weighted by Gasteiger charge is 2.03. The van der Waals surface area contributed by atoms with Crippen LogP contribution in [0.15, 0.2) is 24.3 Å². The van der Waals surface area contributed by atoms with Crippen LogP contribution in [-0.4, -0.2) is 14.8 Å². The summed E-state index contributed by atoms with van der Waals surface area (Å²) in [6, 6.07) is 9.40. The summed E-state index contributed by atoms with van der Waals surface area (Å²) in [5, 5.41) is 20.0. The van der Waals surface area contributed by atoms with E-state index < -0.39 is 0 Å². The van der Waals surface area contributed by atoms with Gasteiger partial charge in [0.05, 0.1) is 18.2 Å². The molecule has 0 bridgehead atoms. The summed E-state index contributed by atoms with van der Waals surface area (Å²) in [6.07, 6.45) is 0. The summed E-state index contributed by atoms with van der Waals surface area (Å²) in [4.78, 5) is 0. The van der Waals surface area contributed by atoms with Gasteiger partial charge in [0.2, 0.25) is 0 Å². The minimum absolute atomic E-state index is 0.614. The molecule has 86 valence electrons. The monoisotopic (exact) mass is 227 g/mol. The molecule has 2 aromatic rings. The van der Waals surface area contributed by atoms with Gasteiger partial charge in [-0.15, -0.1) is 10.2 Å². The van der Waals surface area contributed by atoms with Crippen molar-refractivity contribution in [2.75, 3.05) is 5.32 Å². The van der Waals surface area contributed by atoms with Crippen LogP contribution in [0.25, 0.3) is 0 Å². The molecule has 1 heterocycles. The molecule has 5 heteroatoms. The lowest BCUT2D eigenvalue weighted by Crippen LogP contribution is -2.06. The van der Waals surface area contributed by atoms with E-state index in [0.717, 1.165) is 17.3 Å². The largest absolute Gasteiger partial charge is 0.378 e. The molecule has 0 aliphatic heterocycles. The van der Waals surface area contributed by atoms with Crippen molar-refractivity contribution in [1.82, 2.24) is 14.8 Å². The zero-order valence-corrected chi connectivity index (χ0v) is 9.81. The van der Waals surface area contributed by atoms with E-state index in [9.17, 15) is 0 Å². The fourth-order valence-corrected chi connectivity index (χ4v) is 1.45. The van der Waals surface area contributed by atoms with E-state index in [1.165, 1.54) is 0 Å². The molecule has 0 spiro atoms. The predicted molar refractivity (Wildman–Crippen MR) is 64.2 cm³/mol. The number of anilines is 1. The molecule has 1 aromatic heterocycles. The molecule has 1 aromatic carbocycles. The minimum Gasteiger partial charge on any atom is -0.378 e. The van der Waals surface area contributed by atoms with Gasteiger partial charge in [-0.25, -0.2) is 0 Å². The van der Waals surface area contributed by atoms with E-state index in [2.05, 4.69) is 21.6 Å². The first kappa shape index (κ1) is 11.1. The molecular formula is C12H13N5. The van der Waals surface area contributed by atoms with Crippen molar-refractivity contribution in [3.8, 4) is 6.07 Å². The van der Waals surface area contributed by atoms with Crippen LogP contribution >= 0.6 is 0 Å². The van der Waals surface area contributed by atoms with Crippen LogP contribution in [-0.2, 0) is 13.6 Å². The number of rotatable bonds is 3. The second kappa shape index (κ2) is 4.66. The fraction of sp³-hybridized carbons (Fsp3) is 0.250. The second-order valence-electron chi connectivity index (χ2n) is 3.77. The summed E-state index contributed by atoms with van der Waals surface area (Å²) >= 11 is 0. The highest BCUT2D eigenvalue weighted by Crippen LogP contribution is 2.10. The maximum atomic E-state index is 8.68. The number of nitriles is 1. The molecule has 0 fully saturated rings. The number of nitrogens with zero attached hydrogens (tertiary/aromatic N) is 4. The lowest BCUT2D eigenvalue weighted by atomic mass is 10.2. The van der Waals surface area contributed by atoms with Gasteiger partial charge in [0.25, 0.3) is 0 Å². The molecule has 1 N–H and O–H groups in total. The molecule has 0 atom stereocenters. The van der Waals surface area contributed by atoms with Crippen molar-refractivity contribution in [3.63, 3.8) is 0 Å². The van der Waals surface area contributed by atoms with E-state index in [1.807, 2.05) is 30.7 Å². The van der Waals surface area contributed by atoms with Gasteiger partial charge in [0.15, 0.2) is 5.82 Å². The lowest BCUT2D eigenvalue weighted by Gasteiger charge is -2.05. The Hall–Kier alpha value is -2.35. The Kier molecular flexibility index (Phi) is 3.06. The molecule has 5 nitrogen and oxygen atoms in total. The predicted octanol–water partition coefficient (Wildman–Crippen LogP) is 1.61. The van der Waals surface area contributed by atoms with Crippen molar-refractivity contribution < 1.29 is 0 Å². The van der Waals surface area contributed by atoms with Crippen molar-refractivity contribution in [3.05, 3.63) is 41.5 Å². The summed E-state index contributed by atoms with van der Waals surface area (Å²) in [5.41, 5.74) is 1.62. The maximum Gasteiger partial charge on any atom is 0.152 e. The van der Waals surface area contributed by atoms with E-state index in [0.29, 0.717) is 12.1 Å². The first-order chi connectivity index (χ1) is 8.20. The number of hydrogen-bond acceptors (Lipinski definition) is 4. The third-order valence-corrected chi connectivity index (χ3v) is 2.65. The Morgan fingerprint density at radius 1 is 1.29 bits per heavy atom. The first-order valence-electron chi connectivity index (χ1n) is 5.29. The standard InChI is InChI=1S/C12H13N5/c1-9-15-16-12(17(9)2)8-14-11-5-3-10(7-13)4-6-11/h3-6,14H,8H2,1-2H3. The Balaban J connectivity index is 2.03. The normalized spacial score (nSPS) is 9.94. The highest BCUT2D eigenvalue weighted by molar-refractivity contribution is 5.47. The van der Waals surface area contributed by atoms with E-state index >= 15 is 0 Å². The summed E-state index contributed by atoms with van der Waals surface area (Å²) in [7, 11) is 1.94. The molecule has 0 aliphatic carbocycles. The van der Waals surface area contributed by atoms with Gasteiger partial charge in [0.1, 0.15) is 5.82 Å². The number of nitrogens with one attached hydrogen (secondary N) is 1. The zero-order chi connectivity index (χ0) is 12.3. The lowest BCUT2D eigenvalue weighted by molar-refractivity contribution is 0.789. The molecule has 0 unspecified atom stereocenters. The third kappa shape index (κ3) is 2.42. The van der Waals surface area contributed by atoms with Gasteiger partial charge in [-0.05, 0) is 31.2 Å².